The van der Waals surface area contributed by atoms with Gasteiger partial charge in [0, 0.05) is 23.0 Å². The number of benzene rings is 2. The highest BCUT2D eigenvalue weighted by Crippen LogP contribution is 2.32. The van der Waals surface area contributed by atoms with Crippen molar-refractivity contribution < 1.29 is 9.52 Å². The maximum absolute atomic E-state index is 12.2. The van der Waals surface area contributed by atoms with E-state index < -0.39 is 0 Å². The van der Waals surface area contributed by atoms with Crippen LogP contribution in [0.3, 0.4) is 0 Å². The second kappa shape index (κ2) is 4.31. The summed E-state index contributed by atoms with van der Waals surface area (Å²) < 4.78 is 5.61. The predicted molar refractivity (Wildman–Crippen MR) is 78.4 cm³/mol. The molecular formula is C15H12N2O3. The number of nitrogen functional groups attached to an aromatic ring is 2. The first kappa shape index (κ1) is 12.1. The van der Waals surface area contributed by atoms with Crippen molar-refractivity contribution in [2.45, 2.75) is 0 Å². The molecule has 1 heterocycles. The van der Waals surface area contributed by atoms with Gasteiger partial charge in [0.05, 0.1) is 5.39 Å². The molecule has 0 fully saturated rings. The number of hydrogen-bond donors (Lipinski definition) is 3. The Morgan fingerprint density at radius 3 is 2.50 bits per heavy atom. The van der Waals surface area contributed by atoms with Gasteiger partial charge in [0.15, 0.2) is 16.8 Å². The van der Waals surface area contributed by atoms with Crippen molar-refractivity contribution in [2.24, 2.45) is 0 Å². The zero-order valence-corrected chi connectivity index (χ0v) is 10.5. The molecule has 0 saturated carbocycles. The van der Waals surface area contributed by atoms with Crippen molar-refractivity contribution in [1.82, 2.24) is 0 Å². The van der Waals surface area contributed by atoms with E-state index >= 15 is 0 Å². The topological polar surface area (TPSA) is 102 Å². The van der Waals surface area contributed by atoms with E-state index in [-0.39, 0.29) is 27.8 Å². The Morgan fingerprint density at radius 2 is 1.75 bits per heavy atom. The predicted octanol–water partition coefficient (Wildman–Crippen LogP) is 2.33. The maximum Gasteiger partial charge on any atom is 0.195 e. The van der Waals surface area contributed by atoms with Crippen molar-refractivity contribution in [1.29, 1.82) is 0 Å². The molecule has 0 atom stereocenters. The summed E-state index contributed by atoms with van der Waals surface area (Å²) in [7, 11) is 0. The van der Waals surface area contributed by atoms with E-state index in [1.807, 2.05) is 0 Å². The van der Waals surface area contributed by atoms with Gasteiger partial charge < -0.3 is 21.0 Å². The molecule has 5 nitrogen and oxygen atoms in total. The molecule has 0 saturated heterocycles. The molecule has 0 bridgehead atoms. The van der Waals surface area contributed by atoms with Gasteiger partial charge in [-0.05, 0) is 24.3 Å². The number of para-hydroxylation sites is 1. The number of nitrogens with two attached hydrogens (primary N) is 2. The largest absolute Gasteiger partial charge is 0.504 e. The van der Waals surface area contributed by atoms with Crippen LogP contribution in [0.1, 0.15) is 0 Å². The number of fused-ring (bicyclic) bond motifs is 1. The molecule has 5 heteroatoms. The molecule has 3 aromatic rings. The summed E-state index contributed by atoms with van der Waals surface area (Å²) in [5.74, 6) is 0.157. The highest BCUT2D eigenvalue weighted by molar-refractivity contribution is 5.93. The molecule has 0 amide bonds. The first-order valence-corrected chi connectivity index (χ1v) is 5.98. The molecule has 1 aromatic heterocycles. The normalized spacial score (nSPS) is 10.8. The molecule has 2 aromatic carbocycles. The monoisotopic (exact) mass is 268 g/mol. The van der Waals surface area contributed by atoms with Gasteiger partial charge in [0.25, 0.3) is 0 Å². The molecule has 3 rings (SSSR count). The minimum absolute atomic E-state index is 0.0655. The van der Waals surface area contributed by atoms with E-state index in [9.17, 15) is 9.90 Å². The Labute approximate surface area is 114 Å². The van der Waals surface area contributed by atoms with Gasteiger partial charge in [-0.2, -0.15) is 0 Å². The quantitative estimate of drug-likeness (QED) is 0.464. The van der Waals surface area contributed by atoms with Crippen LogP contribution in [0.15, 0.2) is 51.7 Å². The van der Waals surface area contributed by atoms with Gasteiger partial charge in [0.2, 0.25) is 0 Å². The highest BCUT2D eigenvalue weighted by atomic mass is 16.4. The first-order chi connectivity index (χ1) is 9.58. The fourth-order valence-electron chi connectivity index (χ4n) is 2.13. The third-order valence-corrected chi connectivity index (χ3v) is 3.12. The number of rotatable bonds is 1. The Bertz CT molecular complexity index is 869. The third-order valence-electron chi connectivity index (χ3n) is 3.12. The standard InChI is InChI=1S/C15H12N2O3/c16-9-4-2-1-3-8(9)13-7-12(19)14-10(17)5-6-11(18)15(14)20-13/h1-7,18H,16-17H2. The Morgan fingerprint density at radius 1 is 1.00 bits per heavy atom. The molecule has 0 unspecified atom stereocenters. The first-order valence-electron chi connectivity index (χ1n) is 5.98. The molecule has 0 aliphatic rings. The lowest BCUT2D eigenvalue weighted by atomic mass is 10.1. The Balaban J connectivity index is 2.39. The van der Waals surface area contributed by atoms with E-state index in [0.29, 0.717) is 17.0 Å². The maximum atomic E-state index is 12.2. The van der Waals surface area contributed by atoms with Gasteiger partial charge >= 0.3 is 0 Å². The van der Waals surface area contributed by atoms with Gasteiger partial charge in [-0.15, -0.1) is 0 Å². The van der Waals surface area contributed by atoms with Crippen molar-refractivity contribution >= 4 is 22.3 Å². The van der Waals surface area contributed by atoms with Crippen LogP contribution in [0.5, 0.6) is 5.75 Å². The van der Waals surface area contributed by atoms with Crippen LogP contribution in [0.4, 0.5) is 11.4 Å². The van der Waals surface area contributed by atoms with E-state index in [1.165, 1.54) is 18.2 Å². The fourth-order valence-corrected chi connectivity index (χ4v) is 2.13. The van der Waals surface area contributed by atoms with Gasteiger partial charge in [-0.3, -0.25) is 4.79 Å². The van der Waals surface area contributed by atoms with Crippen molar-refractivity contribution in [3.8, 4) is 17.1 Å². The Hall–Kier alpha value is -2.95. The molecule has 0 aliphatic carbocycles. The average molecular weight is 268 g/mol. The second-order valence-electron chi connectivity index (χ2n) is 4.44. The van der Waals surface area contributed by atoms with Crippen LogP contribution >= 0.6 is 0 Å². The molecule has 0 spiro atoms. The minimum Gasteiger partial charge on any atom is -0.504 e. The van der Waals surface area contributed by atoms with Crippen molar-refractivity contribution in [3.05, 3.63) is 52.7 Å². The van der Waals surface area contributed by atoms with E-state index in [1.54, 1.807) is 24.3 Å². The molecule has 0 radical (unpaired) electrons. The number of aromatic hydroxyl groups is 1. The van der Waals surface area contributed by atoms with Crippen molar-refractivity contribution in [2.75, 3.05) is 11.5 Å². The SMILES string of the molecule is Nc1ccccc1-c1cc(=O)c2c(N)ccc(O)c2o1. The zero-order valence-electron chi connectivity index (χ0n) is 10.5. The number of hydrogen-bond acceptors (Lipinski definition) is 5. The van der Waals surface area contributed by atoms with Crippen LogP contribution in [0.25, 0.3) is 22.3 Å². The summed E-state index contributed by atoms with van der Waals surface area (Å²) in [6.45, 7) is 0. The highest BCUT2D eigenvalue weighted by Gasteiger charge is 2.13. The van der Waals surface area contributed by atoms with Crippen LogP contribution in [-0.4, -0.2) is 5.11 Å². The van der Waals surface area contributed by atoms with Gasteiger partial charge in [-0.25, -0.2) is 0 Å². The summed E-state index contributed by atoms with van der Waals surface area (Å²) in [5.41, 5.74) is 12.7. The van der Waals surface area contributed by atoms with Crippen LogP contribution in [0, 0.1) is 0 Å². The lowest BCUT2D eigenvalue weighted by molar-refractivity contribution is 0.464. The summed E-state index contributed by atoms with van der Waals surface area (Å²) >= 11 is 0. The molecule has 20 heavy (non-hydrogen) atoms. The summed E-state index contributed by atoms with van der Waals surface area (Å²) in [6.07, 6.45) is 0. The number of anilines is 2. The average Bonchev–Trinajstić information content (AvgIpc) is 2.43. The lowest BCUT2D eigenvalue weighted by Gasteiger charge is -2.08. The second-order valence-corrected chi connectivity index (χ2v) is 4.44. The minimum atomic E-state index is -0.321. The van der Waals surface area contributed by atoms with E-state index in [4.69, 9.17) is 15.9 Å². The summed E-state index contributed by atoms with van der Waals surface area (Å²) in [6, 6.07) is 11.2. The van der Waals surface area contributed by atoms with E-state index in [0.717, 1.165) is 0 Å². The van der Waals surface area contributed by atoms with Gasteiger partial charge in [-0.1, -0.05) is 12.1 Å². The number of phenolic OH excluding ortho intramolecular Hbond substituents is 1. The Kier molecular flexibility index (Phi) is 2.61. The van der Waals surface area contributed by atoms with Crippen molar-refractivity contribution in [3.63, 3.8) is 0 Å². The molecular weight excluding hydrogens is 256 g/mol. The third kappa shape index (κ3) is 1.76. The summed E-state index contributed by atoms with van der Waals surface area (Å²) in [4.78, 5) is 12.2. The fraction of sp³-hybridized carbons (Fsp3) is 0. The van der Waals surface area contributed by atoms with Crippen LogP contribution in [-0.2, 0) is 0 Å². The van der Waals surface area contributed by atoms with Crippen LogP contribution < -0.4 is 16.9 Å². The molecule has 100 valence electrons. The van der Waals surface area contributed by atoms with Crippen LogP contribution in [0.2, 0.25) is 0 Å². The lowest BCUT2D eigenvalue weighted by Crippen LogP contribution is -2.04. The molecule has 0 aliphatic heterocycles. The summed E-state index contributed by atoms with van der Waals surface area (Å²) in [5, 5.41) is 10.0. The van der Waals surface area contributed by atoms with Gasteiger partial charge in [0.1, 0.15) is 5.76 Å². The molecule has 5 N–H and O–H groups in total. The number of phenols is 1. The zero-order chi connectivity index (χ0) is 14.3. The van der Waals surface area contributed by atoms with E-state index in [2.05, 4.69) is 0 Å². The smallest absolute Gasteiger partial charge is 0.195 e.